The molecule has 2 aromatic rings. The molecule has 8 nitrogen and oxygen atoms in total. The molecule has 0 saturated carbocycles. The van der Waals surface area contributed by atoms with Crippen LogP contribution in [0.25, 0.3) is 6.08 Å². The lowest BCUT2D eigenvalue weighted by molar-refractivity contribution is -0.128. The summed E-state index contributed by atoms with van der Waals surface area (Å²) >= 11 is 6.89. The SMILES string of the molecule is CC(Oc1ccccc1Cl)C(=O)NCCN1C(=O)S/C(=C\c2ccc3c(c2)OCO3)C1=O. The van der Waals surface area contributed by atoms with Crippen LogP contribution in [-0.4, -0.2) is 47.9 Å². The monoisotopic (exact) mass is 474 g/mol. The Labute approximate surface area is 193 Å². The van der Waals surface area contributed by atoms with E-state index in [1.54, 1.807) is 55.5 Å². The van der Waals surface area contributed by atoms with Gasteiger partial charge in [0, 0.05) is 13.1 Å². The van der Waals surface area contributed by atoms with E-state index in [4.69, 9.17) is 25.8 Å². The first kappa shape index (κ1) is 22.0. The molecule has 2 heterocycles. The molecule has 0 bridgehead atoms. The smallest absolute Gasteiger partial charge is 0.293 e. The first-order valence-corrected chi connectivity index (χ1v) is 11.0. The number of carbonyl (C=O) groups is 3. The molecule has 1 saturated heterocycles. The normalized spacial score (nSPS) is 17.1. The Bertz CT molecular complexity index is 1110. The first-order valence-electron chi connectivity index (χ1n) is 9.76. The van der Waals surface area contributed by atoms with E-state index in [1.807, 2.05) is 0 Å². The fraction of sp³-hybridized carbons (Fsp3) is 0.227. The molecular weight excluding hydrogens is 456 g/mol. The number of rotatable bonds is 7. The number of nitrogens with one attached hydrogen (secondary N) is 1. The van der Waals surface area contributed by atoms with E-state index in [0.717, 1.165) is 22.2 Å². The van der Waals surface area contributed by atoms with Crippen molar-refractivity contribution in [3.05, 3.63) is 58.0 Å². The van der Waals surface area contributed by atoms with E-state index in [1.165, 1.54) is 0 Å². The summed E-state index contributed by atoms with van der Waals surface area (Å²) in [5, 5.41) is 2.68. The molecule has 0 aliphatic carbocycles. The van der Waals surface area contributed by atoms with E-state index < -0.39 is 17.3 Å². The fourth-order valence-corrected chi connectivity index (χ4v) is 4.11. The Balaban J connectivity index is 1.31. The van der Waals surface area contributed by atoms with Crippen molar-refractivity contribution in [2.75, 3.05) is 19.9 Å². The van der Waals surface area contributed by atoms with Crippen LogP contribution in [0.15, 0.2) is 47.4 Å². The molecule has 32 heavy (non-hydrogen) atoms. The molecule has 1 fully saturated rings. The minimum Gasteiger partial charge on any atom is -0.479 e. The van der Waals surface area contributed by atoms with E-state index in [9.17, 15) is 14.4 Å². The molecule has 2 aliphatic heterocycles. The van der Waals surface area contributed by atoms with Crippen LogP contribution in [0.2, 0.25) is 5.02 Å². The maximum absolute atomic E-state index is 12.7. The maximum Gasteiger partial charge on any atom is 0.293 e. The van der Waals surface area contributed by atoms with Gasteiger partial charge >= 0.3 is 0 Å². The van der Waals surface area contributed by atoms with Gasteiger partial charge in [0.15, 0.2) is 17.6 Å². The van der Waals surface area contributed by atoms with Gasteiger partial charge in [-0.1, -0.05) is 29.8 Å². The first-order chi connectivity index (χ1) is 15.4. The number of para-hydroxylation sites is 1. The van der Waals surface area contributed by atoms with Gasteiger partial charge in [-0.05, 0) is 54.6 Å². The number of halogens is 1. The summed E-state index contributed by atoms with van der Waals surface area (Å²) in [5.41, 5.74) is 0.721. The predicted molar refractivity (Wildman–Crippen MR) is 120 cm³/mol. The third kappa shape index (κ3) is 4.84. The molecule has 0 radical (unpaired) electrons. The van der Waals surface area contributed by atoms with Gasteiger partial charge in [0.1, 0.15) is 5.75 Å². The summed E-state index contributed by atoms with van der Waals surface area (Å²) in [7, 11) is 0. The Morgan fingerprint density at radius 2 is 2.03 bits per heavy atom. The van der Waals surface area contributed by atoms with Crippen molar-refractivity contribution in [1.82, 2.24) is 10.2 Å². The molecule has 1 unspecified atom stereocenters. The lowest BCUT2D eigenvalue weighted by atomic mass is 10.2. The number of ether oxygens (including phenoxy) is 3. The van der Waals surface area contributed by atoms with Crippen LogP contribution in [-0.2, 0) is 9.59 Å². The minimum absolute atomic E-state index is 0.0493. The van der Waals surface area contributed by atoms with Gasteiger partial charge in [-0.2, -0.15) is 0 Å². The van der Waals surface area contributed by atoms with E-state index in [2.05, 4.69) is 5.32 Å². The number of nitrogens with zero attached hydrogens (tertiary/aromatic N) is 1. The van der Waals surface area contributed by atoms with Crippen LogP contribution < -0.4 is 19.5 Å². The molecule has 0 spiro atoms. The van der Waals surface area contributed by atoms with Crippen molar-refractivity contribution < 1.29 is 28.6 Å². The van der Waals surface area contributed by atoms with Crippen molar-refractivity contribution in [3.8, 4) is 17.2 Å². The van der Waals surface area contributed by atoms with Gasteiger partial charge in [-0.3, -0.25) is 19.3 Å². The second kappa shape index (κ2) is 9.54. The van der Waals surface area contributed by atoms with Gasteiger partial charge in [-0.15, -0.1) is 0 Å². The summed E-state index contributed by atoms with van der Waals surface area (Å²) in [6.07, 6.45) is 0.834. The number of hydrogen-bond donors (Lipinski definition) is 1. The number of imide groups is 1. The molecule has 3 amide bonds. The second-order valence-corrected chi connectivity index (χ2v) is 8.33. The molecule has 1 atom stereocenters. The highest BCUT2D eigenvalue weighted by Gasteiger charge is 2.35. The highest BCUT2D eigenvalue weighted by molar-refractivity contribution is 8.18. The van der Waals surface area contributed by atoms with Gasteiger partial charge in [0.25, 0.3) is 17.1 Å². The highest BCUT2D eigenvalue weighted by Crippen LogP contribution is 2.36. The summed E-state index contributed by atoms with van der Waals surface area (Å²) in [6.45, 7) is 1.90. The van der Waals surface area contributed by atoms with E-state index >= 15 is 0 Å². The summed E-state index contributed by atoms with van der Waals surface area (Å²) < 4.78 is 16.2. The summed E-state index contributed by atoms with van der Waals surface area (Å²) in [6, 6.07) is 12.1. The molecule has 10 heteroatoms. The molecule has 2 aliphatic rings. The standard InChI is InChI=1S/C22H19ClN2O6S/c1-13(31-16-5-3-2-4-15(16)23)20(26)24-8-9-25-21(27)19(32-22(25)28)11-14-6-7-17-18(10-14)30-12-29-17/h2-7,10-11,13H,8-9,12H2,1H3,(H,24,26)/b19-11-. The molecule has 0 aromatic heterocycles. The van der Waals surface area contributed by atoms with Crippen molar-refractivity contribution in [2.24, 2.45) is 0 Å². The second-order valence-electron chi connectivity index (χ2n) is 6.93. The largest absolute Gasteiger partial charge is 0.479 e. The summed E-state index contributed by atoms with van der Waals surface area (Å²) in [4.78, 5) is 38.6. The molecule has 2 aromatic carbocycles. The van der Waals surface area contributed by atoms with Crippen LogP contribution in [0.3, 0.4) is 0 Å². The van der Waals surface area contributed by atoms with Gasteiger partial charge in [0.2, 0.25) is 6.79 Å². The average Bonchev–Trinajstić information content (AvgIpc) is 3.34. The van der Waals surface area contributed by atoms with Crippen molar-refractivity contribution >= 4 is 46.5 Å². The maximum atomic E-state index is 12.7. The van der Waals surface area contributed by atoms with Crippen LogP contribution in [0.4, 0.5) is 4.79 Å². The highest BCUT2D eigenvalue weighted by atomic mass is 35.5. The third-order valence-electron chi connectivity index (χ3n) is 4.71. The number of amides is 3. The minimum atomic E-state index is -0.796. The fourth-order valence-electron chi connectivity index (χ4n) is 3.07. The van der Waals surface area contributed by atoms with Gasteiger partial charge in [0.05, 0.1) is 9.93 Å². The van der Waals surface area contributed by atoms with E-state index in [0.29, 0.717) is 27.2 Å². The van der Waals surface area contributed by atoms with Gasteiger partial charge < -0.3 is 19.5 Å². The van der Waals surface area contributed by atoms with Gasteiger partial charge in [-0.25, -0.2) is 0 Å². The zero-order chi connectivity index (χ0) is 22.7. The number of fused-ring (bicyclic) bond motifs is 1. The topological polar surface area (TPSA) is 94.2 Å². The van der Waals surface area contributed by atoms with E-state index in [-0.39, 0.29) is 25.8 Å². The predicted octanol–water partition coefficient (Wildman–Crippen LogP) is 3.69. The van der Waals surface area contributed by atoms with Crippen LogP contribution in [0.1, 0.15) is 12.5 Å². The van der Waals surface area contributed by atoms with Crippen LogP contribution in [0.5, 0.6) is 17.2 Å². The van der Waals surface area contributed by atoms with Crippen LogP contribution >= 0.6 is 23.4 Å². The van der Waals surface area contributed by atoms with Crippen molar-refractivity contribution in [1.29, 1.82) is 0 Å². The molecule has 166 valence electrons. The lowest BCUT2D eigenvalue weighted by Crippen LogP contribution is -2.41. The lowest BCUT2D eigenvalue weighted by Gasteiger charge is -2.17. The Kier molecular flexibility index (Phi) is 6.57. The molecular formula is C22H19ClN2O6S. The zero-order valence-electron chi connectivity index (χ0n) is 17.0. The number of carbonyl (C=O) groups excluding carboxylic acids is 3. The third-order valence-corrected chi connectivity index (χ3v) is 5.93. The van der Waals surface area contributed by atoms with Crippen molar-refractivity contribution in [2.45, 2.75) is 13.0 Å². The molecule has 1 N–H and O–H groups in total. The summed E-state index contributed by atoms with van der Waals surface area (Å²) in [5.74, 6) is 0.837. The Hall–Kier alpha value is -3.17. The number of hydrogen-bond acceptors (Lipinski definition) is 7. The number of thioether (sulfide) groups is 1. The quantitative estimate of drug-likeness (QED) is 0.611. The van der Waals surface area contributed by atoms with Crippen molar-refractivity contribution in [3.63, 3.8) is 0 Å². The number of benzene rings is 2. The average molecular weight is 475 g/mol. The Morgan fingerprint density at radius 3 is 2.84 bits per heavy atom. The molecule has 4 rings (SSSR count). The zero-order valence-corrected chi connectivity index (χ0v) is 18.6. The van der Waals surface area contributed by atoms with Crippen LogP contribution in [0, 0.1) is 0 Å². The Morgan fingerprint density at radius 1 is 1.25 bits per heavy atom.